The van der Waals surface area contributed by atoms with Crippen molar-refractivity contribution in [3.05, 3.63) is 47.2 Å². The van der Waals surface area contributed by atoms with E-state index in [0.717, 1.165) is 12.1 Å². The molecule has 0 bridgehead atoms. The van der Waals surface area contributed by atoms with Gasteiger partial charge in [0.1, 0.15) is 5.76 Å². The van der Waals surface area contributed by atoms with Crippen LogP contribution >= 0.6 is 0 Å². The number of amides is 1. The lowest BCUT2D eigenvalue weighted by Crippen LogP contribution is -2.44. The second kappa shape index (κ2) is 6.14. The monoisotopic (exact) mass is 339 g/mol. The van der Waals surface area contributed by atoms with Crippen molar-refractivity contribution >= 4 is 11.7 Å². The minimum Gasteiger partial charge on any atom is -0.457 e. The highest BCUT2D eigenvalue weighted by molar-refractivity contribution is 6.42. The summed E-state index contributed by atoms with van der Waals surface area (Å²) in [4.78, 5) is 24.0. The van der Waals surface area contributed by atoms with E-state index in [2.05, 4.69) is 5.32 Å². The number of ketones is 1. The maximum Gasteiger partial charge on any atom is 0.296 e. The average Bonchev–Trinajstić information content (AvgIpc) is 2.83. The topological polar surface area (TPSA) is 59.3 Å². The molecule has 1 N–H and O–H groups in total. The van der Waals surface area contributed by atoms with Crippen molar-refractivity contribution in [3.8, 4) is 11.1 Å². The van der Waals surface area contributed by atoms with Crippen LogP contribution in [0.25, 0.3) is 11.1 Å². The van der Waals surface area contributed by atoms with Crippen molar-refractivity contribution in [2.75, 3.05) is 0 Å². The summed E-state index contributed by atoms with van der Waals surface area (Å²) in [5.74, 6) is -6.17. The van der Waals surface area contributed by atoms with Crippen molar-refractivity contribution in [1.29, 1.82) is 0 Å². The van der Waals surface area contributed by atoms with E-state index < -0.39 is 34.7 Å². The third-order valence-corrected chi connectivity index (χ3v) is 3.13. The highest BCUT2D eigenvalue weighted by atomic mass is 19.2. The Labute approximate surface area is 136 Å². The van der Waals surface area contributed by atoms with Crippen LogP contribution < -0.4 is 5.32 Å². The fraction of sp³-hybridized carbons (Fsp3) is 0.294. The van der Waals surface area contributed by atoms with Gasteiger partial charge in [-0.1, -0.05) is 0 Å². The standard InChI is InChI=1S/C17H16F3NO3/c1-8-10(9-5-11(18)14(20)12(19)6-9)7-13(24-8)15(22)16(23)21-17(2,3)4/h5-7H,1-4H3,(H,21,23). The minimum absolute atomic E-state index is 0.00271. The number of rotatable bonds is 3. The molecule has 0 saturated carbocycles. The van der Waals surface area contributed by atoms with Gasteiger partial charge < -0.3 is 9.73 Å². The van der Waals surface area contributed by atoms with E-state index in [1.807, 2.05) is 0 Å². The van der Waals surface area contributed by atoms with Crippen LogP contribution in [0.2, 0.25) is 0 Å². The quantitative estimate of drug-likeness (QED) is 0.526. The molecule has 0 aliphatic carbocycles. The number of benzene rings is 1. The third kappa shape index (κ3) is 3.67. The lowest BCUT2D eigenvalue weighted by molar-refractivity contribution is -0.118. The fourth-order valence-corrected chi connectivity index (χ4v) is 2.10. The van der Waals surface area contributed by atoms with Crippen LogP contribution in [-0.4, -0.2) is 17.2 Å². The molecule has 1 aromatic carbocycles. The predicted molar refractivity (Wildman–Crippen MR) is 81.0 cm³/mol. The molecule has 128 valence electrons. The van der Waals surface area contributed by atoms with Crippen molar-refractivity contribution in [3.63, 3.8) is 0 Å². The van der Waals surface area contributed by atoms with Crippen LogP contribution in [0.5, 0.6) is 0 Å². The van der Waals surface area contributed by atoms with Crippen molar-refractivity contribution in [2.45, 2.75) is 33.2 Å². The summed E-state index contributed by atoms with van der Waals surface area (Å²) in [7, 11) is 0. The van der Waals surface area contributed by atoms with Crippen LogP contribution in [0, 0.1) is 24.4 Å². The normalized spacial score (nSPS) is 11.5. The van der Waals surface area contributed by atoms with Gasteiger partial charge in [0.15, 0.2) is 23.2 Å². The molecule has 1 aromatic heterocycles. The van der Waals surface area contributed by atoms with Gasteiger partial charge >= 0.3 is 0 Å². The first-order valence-electron chi connectivity index (χ1n) is 7.12. The Kier molecular flexibility index (Phi) is 4.55. The second-order valence-corrected chi connectivity index (χ2v) is 6.37. The Hall–Kier alpha value is -2.57. The number of aryl methyl sites for hydroxylation is 1. The molecule has 0 fully saturated rings. The molecule has 1 heterocycles. The summed E-state index contributed by atoms with van der Waals surface area (Å²) in [6.45, 7) is 6.59. The highest BCUT2D eigenvalue weighted by Crippen LogP contribution is 2.29. The van der Waals surface area contributed by atoms with E-state index in [9.17, 15) is 22.8 Å². The molecule has 0 atom stereocenters. The third-order valence-electron chi connectivity index (χ3n) is 3.13. The smallest absolute Gasteiger partial charge is 0.296 e. The molecule has 0 spiro atoms. The Balaban J connectivity index is 2.37. The van der Waals surface area contributed by atoms with Gasteiger partial charge in [-0.25, -0.2) is 13.2 Å². The number of carbonyl (C=O) groups excluding carboxylic acids is 2. The summed E-state index contributed by atoms with van der Waals surface area (Å²) < 4.78 is 45.0. The molecule has 0 unspecified atom stereocenters. The van der Waals surface area contributed by atoms with E-state index in [4.69, 9.17) is 4.42 Å². The van der Waals surface area contributed by atoms with Gasteiger partial charge in [0.2, 0.25) is 0 Å². The highest BCUT2D eigenvalue weighted by Gasteiger charge is 2.26. The van der Waals surface area contributed by atoms with Gasteiger partial charge in [-0.2, -0.15) is 0 Å². The molecule has 0 radical (unpaired) electrons. The average molecular weight is 339 g/mol. The van der Waals surface area contributed by atoms with Crippen LogP contribution in [0.4, 0.5) is 13.2 Å². The first-order valence-corrected chi connectivity index (χ1v) is 7.12. The fourth-order valence-electron chi connectivity index (χ4n) is 2.10. The number of hydrogen-bond donors (Lipinski definition) is 1. The van der Waals surface area contributed by atoms with Crippen molar-refractivity contribution in [2.24, 2.45) is 0 Å². The molecule has 2 rings (SSSR count). The summed E-state index contributed by atoms with van der Waals surface area (Å²) in [5, 5.41) is 2.49. The van der Waals surface area contributed by atoms with E-state index >= 15 is 0 Å². The van der Waals surface area contributed by atoms with Gasteiger partial charge in [0.05, 0.1) is 0 Å². The minimum atomic E-state index is -1.58. The molecule has 0 aliphatic heterocycles. The Morgan fingerprint density at radius 3 is 2.08 bits per heavy atom. The molecule has 2 aromatic rings. The maximum atomic E-state index is 13.4. The Morgan fingerprint density at radius 1 is 1.04 bits per heavy atom. The van der Waals surface area contributed by atoms with Crippen LogP contribution in [0.1, 0.15) is 37.1 Å². The van der Waals surface area contributed by atoms with Gasteiger partial charge in [0, 0.05) is 11.1 Å². The van der Waals surface area contributed by atoms with Gasteiger partial charge in [-0.15, -0.1) is 0 Å². The summed E-state index contributed by atoms with van der Waals surface area (Å²) in [6.07, 6.45) is 0. The first kappa shape index (κ1) is 17.8. The lowest BCUT2D eigenvalue weighted by Gasteiger charge is -2.19. The second-order valence-electron chi connectivity index (χ2n) is 6.37. The molecule has 0 saturated heterocycles. The number of furan rings is 1. The Morgan fingerprint density at radius 2 is 1.58 bits per heavy atom. The van der Waals surface area contributed by atoms with E-state index in [-0.39, 0.29) is 22.6 Å². The Bertz CT molecular complexity index is 796. The molecule has 4 nitrogen and oxygen atoms in total. The SMILES string of the molecule is Cc1oc(C(=O)C(=O)NC(C)(C)C)cc1-c1cc(F)c(F)c(F)c1. The molecule has 7 heteroatoms. The summed E-state index contributed by atoms with van der Waals surface area (Å²) in [5.41, 5.74) is -0.414. The predicted octanol–water partition coefficient (Wildman–Crippen LogP) is 3.77. The van der Waals surface area contributed by atoms with E-state index in [1.54, 1.807) is 20.8 Å². The van der Waals surface area contributed by atoms with E-state index in [0.29, 0.717) is 0 Å². The maximum absolute atomic E-state index is 13.4. The van der Waals surface area contributed by atoms with Gasteiger partial charge in [-0.3, -0.25) is 9.59 Å². The number of halogens is 3. The number of hydrogen-bond acceptors (Lipinski definition) is 3. The van der Waals surface area contributed by atoms with Gasteiger partial charge in [-0.05, 0) is 51.5 Å². The number of Topliss-reactive ketones (excluding diaryl/α,β-unsaturated/α-hetero) is 1. The van der Waals surface area contributed by atoms with Gasteiger partial charge in [0.25, 0.3) is 11.7 Å². The van der Waals surface area contributed by atoms with E-state index in [1.165, 1.54) is 13.0 Å². The van der Waals surface area contributed by atoms with Crippen LogP contribution in [0.15, 0.2) is 22.6 Å². The zero-order valence-corrected chi connectivity index (χ0v) is 13.6. The molecular weight excluding hydrogens is 323 g/mol. The largest absolute Gasteiger partial charge is 0.457 e. The summed E-state index contributed by atoms with van der Waals surface area (Å²) in [6, 6.07) is 2.78. The zero-order valence-electron chi connectivity index (χ0n) is 13.6. The molecular formula is C17H16F3NO3. The zero-order chi connectivity index (χ0) is 18.2. The number of nitrogens with one attached hydrogen (secondary N) is 1. The summed E-state index contributed by atoms with van der Waals surface area (Å²) >= 11 is 0. The first-order chi connectivity index (χ1) is 11.0. The molecule has 24 heavy (non-hydrogen) atoms. The van der Waals surface area contributed by atoms with Crippen molar-refractivity contribution in [1.82, 2.24) is 5.32 Å². The number of carbonyl (C=O) groups is 2. The molecule has 1 amide bonds. The molecule has 0 aliphatic rings. The lowest BCUT2D eigenvalue weighted by atomic mass is 10.0. The van der Waals surface area contributed by atoms with Crippen LogP contribution in [0.3, 0.4) is 0 Å². The van der Waals surface area contributed by atoms with Crippen molar-refractivity contribution < 1.29 is 27.2 Å². The van der Waals surface area contributed by atoms with Crippen LogP contribution in [-0.2, 0) is 4.79 Å².